The number of amides is 1. The van der Waals surface area contributed by atoms with Crippen molar-refractivity contribution in [3.63, 3.8) is 0 Å². The van der Waals surface area contributed by atoms with Crippen molar-refractivity contribution in [2.45, 2.75) is 31.8 Å². The fraction of sp³-hybridized carbons (Fsp3) is 0.455. The number of piperidine rings is 1. The molecular weight excluding hydrogens is 442 g/mol. The van der Waals surface area contributed by atoms with Crippen molar-refractivity contribution >= 4 is 22.8 Å². The lowest BCUT2D eigenvalue weighted by Gasteiger charge is -2.32. The SMILES string of the molecule is Cn1c(=O)c2c(ncn2CCCN2CCC(NC(=O)c3ccc([N+](=O)[O-])cc3)CC2)n(C)c1=O. The van der Waals surface area contributed by atoms with Gasteiger partial charge in [-0.1, -0.05) is 0 Å². The van der Waals surface area contributed by atoms with Crippen LogP contribution in [0.15, 0.2) is 40.2 Å². The maximum absolute atomic E-state index is 12.5. The molecule has 1 amide bonds. The van der Waals surface area contributed by atoms with E-state index in [2.05, 4.69) is 15.2 Å². The number of benzene rings is 1. The standard InChI is InChI=1S/C22H27N7O5/c1-25-19-18(21(31)26(2)22(25)32)28(14-23-19)11-3-10-27-12-8-16(9-13-27)24-20(30)15-4-6-17(7-5-15)29(33)34/h4-7,14,16H,3,8-13H2,1-2H3,(H,24,30). The molecule has 0 bridgehead atoms. The van der Waals surface area contributed by atoms with Crippen molar-refractivity contribution in [2.24, 2.45) is 14.1 Å². The largest absolute Gasteiger partial charge is 0.349 e. The van der Waals surface area contributed by atoms with Gasteiger partial charge in [-0.15, -0.1) is 0 Å². The van der Waals surface area contributed by atoms with E-state index in [-0.39, 0.29) is 23.2 Å². The summed E-state index contributed by atoms with van der Waals surface area (Å²) in [5.74, 6) is -0.226. The molecule has 0 unspecified atom stereocenters. The van der Waals surface area contributed by atoms with E-state index in [1.807, 2.05) is 0 Å². The number of aromatic nitrogens is 4. The van der Waals surface area contributed by atoms with E-state index in [0.717, 1.165) is 43.5 Å². The Kier molecular flexibility index (Phi) is 6.59. The highest BCUT2D eigenvalue weighted by atomic mass is 16.6. The van der Waals surface area contributed by atoms with Gasteiger partial charge >= 0.3 is 5.69 Å². The van der Waals surface area contributed by atoms with E-state index >= 15 is 0 Å². The molecule has 0 spiro atoms. The number of non-ortho nitro benzene ring substituents is 1. The molecule has 1 fully saturated rings. The number of carbonyl (C=O) groups excluding carboxylic acids is 1. The first-order chi connectivity index (χ1) is 16.3. The van der Waals surface area contributed by atoms with Crippen LogP contribution in [0, 0.1) is 10.1 Å². The van der Waals surface area contributed by atoms with Gasteiger partial charge in [-0.3, -0.25) is 28.8 Å². The summed E-state index contributed by atoms with van der Waals surface area (Å²) in [5, 5.41) is 13.8. The maximum Gasteiger partial charge on any atom is 0.332 e. The number of aryl methyl sites for hydroxylation is 2. The Balaban J connectivity index is 1.27. The van der Waals surface area contributed by atoms with E-state index < -0.39 is 10.6 Å². The van der Waals surface area contributed by atoms with Gasteiger partial charge in [0.05, 0.1) is 11.3 Å². The summed E-state index contributed by atoms with van der Waals surface area (Å²) in [7, 11) is 3.07. The first-order valence-electron chi connectivity index (χ1n) is 11.1. The first-order valence-corrected chi connectivity index (χ1v) is 11.1. The lowest BCUT2D eigenvalue weighted by Crippen LogP contribution is -2.45. The zero-order valence-corrected chi connectivity index (χ0v) is 19.1. The van der Waals surface area contributed by atoms with E-state index in [4.69, 9.17) is 0 Å². The van der Waals surface area contributed by atoms with E-state index in [1.165, 1.54) is 35.9 Å². The van der Waals surface area contributed by atoms with Gasteiger partial charge in [0, 0.05) is 57.5 Å². The van der Waals surface area contributed by atoms with Gasteiger partial charge in [0.2, 0.25) is 0 Å². The molecule has 0 aliphatic carbocycles. The van der Waals surface area contributed by atoms with Crippen LogP contribution in [-0.2, 0) is 20.6 Å². The van der Waals surface area contributed by atoms with Crippen molar-refractivity contribution in [2.75, 3.05) is 19.6 Å². The van der Waals surface area contributed by atoms with Crippen molar-refractivity contribution in [3.05, 3.63) is 67.1 Å². The molecule has 180 valence electrons. The number of nitrogens with one attached hydrogen (secondary N) is 1. The fourth-order valence-electron chi connectivity index (χ4n) is 4.34. The zero-order chi connectivity index (χ0) is 24.4. The monoisotopic (exact) mass is 469 g/mol. The summed E-state index contributed by atoms with van der Waals surface area (Å²) < 4.78 is 4.27. The van der Waals surface area contributed by atoms with Crippen LogP contribution < -0.4 is 16.6 Å². The Labute approximate surface area is 194 Å². The van der Waals surface area contributed by atoms with Crippen molar-refractivity contribution in [1.82, 2.24) is 28.9 Å². The number of nitro groups is 1. The minimum absolute atomic E-state index is 0.0436. The number of rotatable bonds is 7. The molecule has 0 atom stereocenters. The summed E-state index contributed by atoms with van der Waals surface area (Å²) in [6, 6.07) is 5.65. The quantitative estimate of drug-likeness (QED) is 0.396. The molecule has 34 heavy (non-hydrogen) atoms. The molecular formula is C22H27N7O5. The Bertz CT molecular complexity index is 1330. The van der Waals surface area contributed by atoms with Crippen LogP contribution >= 0.6 is 0 Å². The van der Waals surface area contributed by atoms with Gasteiger partial charge in [0.1, 0.15) is 0 Å². The molecule has 0 saturated carbocycles. The summed E-state index contributed by atoms with van der Waals surface area (Å²) in [4.78, 5) is 53.9. The third-order valence-electron chi connectivity index (χ3n) is 6.35. The predicted octanol–water partition coefficient (Wildman–Crippen LogP) is 0.626. The second kappa shape index (κ2) is 9.59. The Morgan fingerprint density at radius 2 is 1.79 bits per heavy atom. The molecule has 1 aliphatic rings. The van der Waals surface area contributed by atoms with Gasteiger partial charge in [0.15, 0.2) is 11.2 Å². The average Bonchev–Trinajstić information content (AvgIpc) is 3.26. The lowest BCUT2D eigenvalue weighted by atomic mass is 10.0. The minimum atomic E-state index is -0.491. The number of fused-ring (bicyclic) bond motifs is 1. The summed E-state index contributed by atoms with van der Waals surface area (Å²) >= 11 is 0. The minimum Gasteiger partial charge on any atom is -0.349 e. The van der Waals surface area contributed by atoms with E-state index in [0.29, 0.717) is 23.3 Å². The fourth-order valence-corrected chi connectivity index (χ4v) is 4.34. The molecule has 4 rings (SSSR count). The molecule has 3 heterocycles. The predicted molar refractivity (Wildman–Crippen MR) is 125 cm³/mol. The Hall–Kier alpha value is -3.80. The number of nitro benzene ring substituents is 1. The highest BCUT2D eigenvalue weighted by Crippen LogP contribution is 2.15. The third kappa shape index (κ3) is 4.62. The van der Waals surface area contributed by atoms with E-state index in [9.17, 15) is 24.5 Å². The van der Waals surface area contributed by atoms with Crippen LogP contribution in [0.1, 0.15) is 29.6 Å². The van der Waals surface area contributed by atoms with Crippen LogP contribution in [0.5, 0.6) is 0 Å². The number of carbonyl (C=O) groups is 1. The molecule has 0 radical (unpaired) electrons. The van der Waals surface area contributed by atoms with Gasteiger partial charge in [-0.25, -0.2) is 9.78 Å². The molecule has 1 aliphatic heterocycles. The smallest absolute Gasteiger partial charge is 0.332 e. The highest BCUT2D eigenvalue weighted by molar-refractivity contribution is 5.94. The van der Waals surface area contributed by atoms with Crippen molar-refractivity contribution in [3.8, 4) is 0 Å². The van der Waals surface area contributed by atoms with Crippen molar-refractivity contribution < 1.29 is 9.72 Å². The number of hydrogen-bond donors (Lipinski definition) is 1. The third-order valence-corrected chi connectivity index (χ3v) is 6.35. The second-order valence-electron chi connectivity index (χ2n) is 8.56. The molecule has 2 aromatic heterocycles. The summed E-state index contributed by atoms with van der Waals surface area (Å²) in [6.07, 6.45) is 4.05. The molecule has 1 saturated heterocycles. The summed E-state index contributed by atoms with van der Waals surface area (Å²) in [6.45, 7) is 3.13. The first kappa shape index (κ1) is 23.4. The zero-order valence-electron chi connectivity index (χ0n) is 19.1. The molecule has 1 N–H and O–H groups in total. The topological polar surface area (TPSA) is 137 Å². The Morgan fingerprint density at radius 1 is 1.12 bits per heavy atom. The van der Waals surface area contributed by atoms with Crippen LogP contribution in [0.4, 0.5) is 5.69 Å². The lowest BCUT2D eigenvalue weighted by molar-refractivity contribution is -0.384. The van der Waals surface area contributed by atoms with Gasteiger partial charge < -0.3 is 14.8 Å². The van der Waals surface area contributed by atoms with Crippen LogP contribution in [0.25, 0.3) is 11.2 Å². The highest BCUT2D eigenvalue weighted by Gasteiger charge is 2.21. The van der Waals surface area contributed by atoms with Gasteiger partial charge in [0.25, 0.3) is 17.2 Å². The van der Waals surface area contributed by atoms with Gasteiger partial charge in [-0.2, -0.15) is 0 Å². The maximum atomic E-state index is 12.5. The van der Waals surface area contributed by atoms with E-state index in [1.54, 1.807) is 17.9 Å². The normalized spacial score (nSPS) is 15.0. The molecule has 3 aromatic rings. The number of imidazole rings is 1. The molecule has 12 nitrogen and oxygen atoms in total. The number of nitrogens with zero attached hydrogens (tertiary/aromatic N) is 6. The number of hydrogen-bond acceptors (Lipinski definition) is 7. The average molecular weight is 470 g/mol. The molecule has 12 heteroatoms. The number of likely N-dealkylation sites (tertiary alicyclic amines) is 1. The van der Waals surface area contributed by atoms with Crippen LogP contribution in [0.3, 0.4) is 0 Å². The van der Waals surface area contributed by atoms with Crippen molar-refractivity contribution in [1.29, 1.82) is 0 Å². The second-order valence-corrected chi connectivity index (χ2v) is 8.56. The summed E-state index contributed by atoms with van der Waals surface area (Å²) in [5.41, 5.74) is 0.434. The molecule has 1 aromatic carbocycles. The van der Waals surface area contributed by atoms with Crippen LogP contribution in [-0.4, -0.2) is 60.1 Å². The van der Waals surface area contributed by atoms with Gasteiger partial charge in [-0.05, 0) is 37.9 Å². The van der Waals surface area contributed by atoms with Crippen LogP contribution in [0.2, 0.25) is 0 Å². The Morgan fingerprint density at radius 3 is 2.44 bits per heavy atom.